The van der Waals surface area contributed by atoms with Crippen molar-refractivity contribution < 1.29 is 14.7 Å². The number of amides is 1. The standard InChI is InChI=1S/C13H11N3O3S/c1-8-2-3-10(6-9(8)4-5-11(17)18)12(19)15-13-16-14-7-20-13/h2-7H,1H3,(H,17,18)(H,15,16,19)/b5-4+. The molecule has 2 N–H and O–H groups in total. The van der Waals surface area contributed by atoms with Crippen molar-refractivity contribution >= 4 is 34.4 Å². The van der Waals surface area contributed by atoms with Crippen LogP contribution in [0.3, 0.4) is 0 Å². The summed E-state index contributed by atoms with van der Waals surface area (Å²) in [7, 11) is 0. The summed E-state index contributed by atoms with van der Waals surface area (Å²) >= 11 is 1.22. The Morgan fingerprint density at radius 2 is 2.20 bits per heavy atom. The van der Waals surface area contributed by atoms with Crippen molar-refractivity contribution in [1.29, 1.82) is 0 Å². The molecule has 0 radical (unpaired) electrons. The van der Waals surface area contributed by atoms with Crippen LogP contribution in [0.4, 0.5) is 5.13 Å². The molecule has 6 nitrogen and oxygen atoms in total. The number of carboxylic acid groups (broad SMARTS) is 1. The van der Waals surface area contributed by atoms with Gasteiger partial charge in [0.1, 0.15) is 5.51 Å². The van der Waals surface area contributed by atoms with Crippen molar-refractivity contribution in [1.82, 2.24) is 10.2 Å². The summed E-state index contributed by atoms with van der Waals surface area (Å²) < 4.78 is 0. The highest BCUT2D eigenvalue weighted by atomic mass is 32.1. The fourth-order valence-corrected chi connectivity index (χ4v) is 1.96. The van der Waals surface area contributed by atoms with E-state index in [2.05, 4.69) is 15.5 Å². The highest BCUT2D eigenvalue weighted by molar-refractivity contribution is 7.13. The maximum atomic E-state index is 12.0. The number of nitrogens with zero attached hydrogens (tertiary/aromatic N) is 2. The Bertz CT molecular complexity index is 666. The summed E-state index contributed by atoms with van der Waals surface area (Å²) in [6.07, 6.45) is 2.49. The maximum Gasteiger partial charge on any atom is 0.328 e. The van der Waals surface area contributed by atoms with Gasteiger partial charge in [-0.25, -0.2) is 4.79 Å². The molecule has 0 unspecified atom stereocenters. The quantitative estimate of drug-likeness (QED) is 0.842. The van der Waals surface area contributed by atoms with E-state index >= 15 is 0 Å². The van der Waals surface area contributed by atoms with Crippen LogP contribution in [0.1, 0.15) is 21.5 Å². The zero-order chi connectivity index (χ0) is 14.5. The van der Waals surface area contributed by atoms with Crippen LogP contribution in [0.5, 0.6) is 0 Å². The molecule has 0 aliphatic rings. The van der Waals surface area contributed by atoms with E-state index in [1.165, 1.54) is 22.9 Å². The van der Waals surface area contributed by atoms with Gasteiger partial charge >= 0.3 is 5.97 Å². The number of anilines is 1. The van der Waals surface area contributed by atoms with Gasteiger partial charge in [-0.1, -0.05) is 17.4 Å². The molecule has 2 rings (SSSR count). The van der Waals surface area contributed by atoms with Gasteiger partial charge in [-0.15, -0.1) is 10.2 Å². The van der Waals surface area contributed by atoms with Crippen LogP contribution in [0.2, 0.25) is 0 Å². The van der Waals surface area contributed by atoms with E-state index in [1.54, 1.807) is 18.2 Å². The second kappa shape index (κ2) is 6.07. The highest BCUT2D eigenvalue weighted by Crippen LogP contribution is 2.15. The normalized spacial score (nSPS) is 10.7. The fourth-order valence-electron chi connectivity index (χ4n) is 1.52. The van der Waals surface area contributed by atoms with Crippen molar-refractivity contribution in [2.45, 2.75) is 6.92 Å². The van der Waals surface area contributed by atoms with Gasteiger partial charge < -0.3 is 5.11 Å². The van der Waals surface area contributed by atoms with Crippen molar-refractivity contribution in [2.24, 2.45) is 0 Å². The van der Waals surface area contributed by atoms with Gasteiger partial charge in [0, 0.05) is 11.6 Å². The van der Waals surface area contributed by atoms with Gasteiger partial charge in [-0.05, 0) is 36.3 Å². The van der Waals surface area contributed by atoms with Crippen molar-refractivity contribution in [3.05, 3.63) is 46.5 Å². The average molecular weight is 289 g/mol. The SMILES string of the molecule is Cc1ccc(C(=O)Nc2nncs2)cc1/C=C/C(=O)O. The summed E-state index contributed by atoms with van der Waals surface area (Å²) in [6.45, 7) is 1.84. The number of benzene rings is 1. The molecule has 1 amide bonds. The molecule has 7 heteroatoms. The van der Waals surface area contributed by atoms with Crippen LogP contribution in [0.15, 0.2) is 29.8 Å². The molecule has 1 aromatic heterocycles. The summed E-state index contributed by atoms with van der Waals surface area (Å²) in [4.78, 5) is 22.5. The Hall–Kier alpha value is -2.54. The van der Waals surface area contributed by atoms with E-state index in [4.69, 9.17) is 5.11 Å². The number of carboxylic acids is 1. The Morgan fingerprint density at radius 3 is 2.85 bits per heavy atom. The smallest absolute Gasteiger partial charge is 0.328 e. The largest absolute Gasteiger partial charge is 0.478 e. The van der Waals surface area contributed by atoms with Gasteiger partial charge in [0.2, 0.25) is 5.13 Å². The summed E-state index contributed by atoms with van der Waals surface area (Å²) in [5.41, 5.74) is 3.51. The number of hydrogen-bond acceptors (Lipinski definition) is 5. The molecule has 0 saturated heterocycles. The van der Waals surface area contributed by atoms with Gasteiger partial charge in [-0.2, -0.15) is 0 Å². The molecule has 0 bridgehead atoms. The first-order chi connectivity index (χ1) is 9.56. The summed E-state index contributed by atoms with van der Waals surface area (Å²) in [5.74, 6) is -1.35. The fraction of sp³-hybridized carbons (Fsp3) is 0.0769. The molecule has 102 valence electrons. The van der Waals surface area contributed by atoms with E-state index in [0.29, 0.717) is 16.3 Å². The van der Waals surface area contributed by atoms with Crippen LogP contribution in [-0.2, 0) is 4.79 Å². The minimum Gasteiger partial charge on any atom is -0.478 e. The predicted octanol–water partition coefficient (Wildman–Crippen LogP) is 2.20. The molecule has 20 heavy (non-hydrogen) atoms. The Kier molecular flexibility index (Phi) is 4.21. The van der Waals surface area contributed by atoms with E-state index in [0.717, 1.165) is 11.6 Å². The van der Waals surface area contributed by atoms with Crippen LogP contribution in [0, 0.1) is 6.92 Å². The zero-order valence-electron chi connectivity index (χ0n) is 10.5. The molecule has 0 fully saturated rings. The van der Waals surface area contributed by atoms with Crippen LogP contribution in [-0.4, -0.2) is 27.2 Å². The van der Waals surface area contributed by atoms with Crippen molar-refractivity contribution in [3.63, 3.8) is 0 Å². The van der Waals surface area contributed by atoms with E-state index in [1.807, 2.05) is 6.92 Å². The van der Waals surface area contributed by atoms with E-state index in [-0.39, 0.29) is 5.91 Å². The lowest BCUT2D eigenvalue weighted by atomic mass is 10.0. The molecule has 0 spiro atoms. The Morgan fingerprint density at radius 1 is 1.40 bits per heavy atom. The maximum absolute atomic E-state index is 12.0. The van der Waals surface area contributed by atoms with Gasteiger partial charge in [0.25, 0.3) is 5.91 Å². The molecule has 1 heterocycles. The van der Waals surface area contributed by atoms with Crippen molar-refractivity contribution in [2.75, 3.05) is 5.32 Å². The molecule has 0 aliphatic heterocycles. The monoisotopic (exact) mass is 289 g/mol. The predicted molar refractivity (Wildman–Crippen MR) is 75.7 cm³/mol. The number of nitrogens with one attached hydrogen (secondary N) is 1. The second-order valence-electron chi connectivity index (χ2n) is 3.94. The first kappa shape index (κ1) is 13.9. The van der Waals surface area contributed by atoms with E-state index < -0.39 is 5.97 Å². The average Bonchev–Trinajstić information content (AvgIpc) is 2.90. The van der Waals surface area contributed by atoms with Crippen LogP contribution >= 0.6 is 11.3 Å². The number of hydrogen-bond donors (Lipinski definition) is 2. The number of aliphatic carboxylic acids is 1. The third-order valence-electron chi connectivity index (χ3n) is 2.53. The Labute approximate surface area is 118 Å². The molecule has 2 aromatic rings. The van der Waals surface area contributed by atoms with Gasteiger partial charge in [0.15, 0.2) is 0 Å². The molecule has 0 atom stereocenters. The summed E-state index contributed by atoms with van der Waals surface area (Å²) in [5, 5.41) is 19.0. The number of aryl methyl sites for hydroxylation is 1. The number of carbonyl (C=O) groups excluding carboxylic acids is 1. The summed E-state index contributed by atoms with van der Waals surface area (Å²) in [6, 6.07) is 5.06. The topological polar surface area (TPSA) is 92.2 Å². The second-order valence-corrected chi connectivity index (χ2v) is 4.77. The van der Waals surface area contributed by atoms with Crippen LogP contribution < -0.4 is 5.32 Å². The van der Waals surface area contributed by atoms with Gasteiger partial charge in [0.05, 0.1) is 0 Å². The first-order valence-electron chi connectivity index (χ1n) is 5.65. The lowest BCUT2D eigenvalue weighted by Gasteiger charge is -2.05. The third-order valence-corrected chi connectivity index (χ3v) is 3.13. The van der Waals surface area contributed by atoms with Gasteiger partial charge in [-0.3, -0.25) is 10.1 Å². The molecular weight excluding hydrogens is 278 g/mol. The molecule has 1 aromatic carbocycles. The number of aromatic nitrogens is 2. The lowest BCUT2D eigenvalue weighted by molar-refractivity contribution is -0.131. The van der Waals surface area contributed by atoms with E-state index in [9.17, 15) is 9.59 Å². The molecular formula is C13H11N3O3S. The highest BCUT2D eigenvalue weighted by Gasteiger charge is 2.09. The molecule has 0 saturated carbocycles. The first-order valence-corrected chi connectivity index (χ1v) is 6.53. The minimum absolute atomic E-state index is 0.313. The minimum atomic E-state index is -1.03. The van der Waals surface area contributed by atoms with Crippen molar-refractivity contribution in [3.8, 4) is 0 Å². The zero-order valence-corrected chi connectivity index (χ0v) is 11.3. The Balaban J connectivity index is 2.22. The molecule has 0 aliphatic carbocycles. The number of carbonyl (C=O) groups is 2. The lowest BCUT2D eigenvalue weighted by Crippen LogP contribution is -2.12. The number of rotatable bonds is 4. The third kappa shape index (κ3) is 3.48. The van der Waals surface area contributed by atoms with Crippen LogP contribution in [0.25, 0.3) is 6.08 Å².